The fourth-order valence-electron chi connectivity index (χ4n) is 0.143. The van der Waals surface area contributed by atoms with Gasteiger partial charge in [-0.2, -0.15) is 0 Å². The van der Waals surface area contributed by atoms with Crippen molar-refractivity contribution in [2.24, 2.45) is 0 Å². The molecule has 1 unspecified atom stereocenters. The van der Waals surface area contributed by atoms with E-state index in [0.717, 1.165) is 0 Å². The Morgan fingerprint density at radius 2 is 1.19 bits per heavy atom. The minimum absolute atomic E-state index is 0. The Labute approximate surface area is 129 Å². The van der Waals surface area contributed by atoms with Gasteiger partial charge in [-0.1, -0.05) is 0 Å². The summed E-state index contributed by atoms with van der Waals surface area (Å²) in [5.74, 6) is -3.70. The van der Waals surface area contributed by atoms with Crippen LogP contribution >= 0.6 is 0 Å². The molecule has 4 N–H and O–H groups in total. The van der Waals surface area contributed by atoms with Gasteiger partial charge in [0.1, 0.15) is 6.10 Å². The summed E-state index contributed by atoms with van der Waals surface area (Å²) in [7, 11) is 0. The van der Waals surface area contributed by atoms with Crippen LogP contribution in [0.15, 0.2) is 12.2 Å². The van der Waals surface area contributed by atoms with E-state index in [9.17, 15) is 14.4 Å². The molecule has 0 radical (unpaired) electrons. The van der Waals surface area contributed by atoms with Gasteiger partial charge < -0.3 is 26.1 Å². The van der Waals surface area contributed by atoms with E-state index in [-0.39, 0.29) is 51.8 Å². The van der Waals surface area contributed by atoms with Gasteiger partial charge in [-0.3, -0.25) is 0 Å². The summed E-state index contributed by atoms with van der Waals surface area (Å²) in [5.41, 5.74) is 0. The minimum Gasteiger partial charge on any atom is -1.00 e. The Balaban J connectivity index is -0.0000000188. The summed E-state index contributed by atoms with van der Waals surface area (Å²) in [4.78, 5) is 28.6. The van der Waals surface area contributed by atoms with E-state index in [2.05, 4.69) is 0 Å². The molecule has 0 heterocycles. The average Bonchev–Trinajstić information content (AvgIpc) is 2.01. The van der Waals surface area contributed by atoms with E-state index in [4.69, 9.17) is 20.4 Å². The Hall–Kier alpha value is -0.358. The van der Waals surface area contributed by atoms with Crippen molar-refractivity contribution in [3.63, 3.8) is 0 Å². The average molecular weight is 259 g/mol. The molecule has 0 saturated heterocycles. The first-order chi connectivity index (χ1) is 6.27. The van der Waals surface area contributed by atoms with E-state index in [0.29, 0.717) is 12.2 Å². The molecule has 1 atom stereocenters. The molecule has 0 aliphatic rings. The molecule has 0 aromatic heterocycles. The summed E-state index contributed by atoms with van der Waals surface area (Å²) in [5, 5.41) is 31.4. The summed E-state index contributed by atoms with van der Waals surface area (Å²) < 4.78 is 0. The fourth-order valence-corrected chi connectivity index (χ4v) is 0.143. The van der Waals surface area contributed by atoms with Crippen LogP contribution in [0.2, 0.25) is 0 Å². The second-order valence-corrected chi connectivity index (χ2v) is 2.02. The third kappa shape index (κ3) is 29.2. The molecule has 0 aromatic rings. The van der Waals surface area contributed by atoms with Crippen LogP contribution in [-0.4, -0.2) is 90.5 Å². The van der Waals surface area contributed by atoms with Crippen molar-refractivity contribution in [2.75, 3.05) is 0 Å². The summed E-state index contributed by atoms with van der Waals surface area (Å²) in [6.45, 7) is 1.20. The number of carboxylic acid groups (broad SMARTS) is 3. The van der Waals surface area contributed by atoms with E-state index in [1.807, 2.05) is 0 Å². The molecule has 0 bridgehead atoms. The molecule has 0 amide bonds. The first-order valence-electron chi connectivity index (χ1n) is 3.32. The molecular formula is C7H14Mg2O7. The second-order valence-electron chi connectivity index (χ2n) is 2.02. The predicted molar refractivity (Wildman–Crippen MR) is 59.7 cm³/mol. The zero-order valence-corrected chi connectivity index (χ0v) is 11.5. The molecule has 0 rings (SSSR count). The normalized spacial score (nSPS) is 9.88. The molecule has 0 spiro atoms. The zero-order chi connectivity index (χ0) is 11.7. The third-order valence-electron chi connectivity index (χ3n) is 0.726. The fraction of sp³-hybridized carbons (Fsp3) is 0.286. The largest absolute Gasteiger partial charge is 2.00 e. The smallest absolute Gasteiger partial charge is 1.00 e. The standard InChI is InChI=1S/C4H4O4.C3H6O3.2Mg.4H/c5-3(6)1-2-4(7)8;1-2(4)3(5)6;;;;;;/h1-2H,(H,5,6)(H,7,8);2,4H,1H3,(H,5,6);;;;;;/q;;2*+2;4*-1. The number of aliphatic carboxylic acids is 3. The summed E-state index contributed by atoms with van der Waals surface area (Å²) in [6.07, 6.45) is -0.116. The number of carbonyl (C=O) groups is 3. The number of aliphatic hydroxyl groups is 1. The molecular weight excluding hydrogens is 245 g/mol. The first kappa shape index (κ1) is 24.7. The van der Waals surface area contributed by atoms with Crippen LogP contribution in [-0.2, 0) is 14.4 Å². The predicted octanol–water partition coefficient (Wildman–Crippen LogP) is -1.15. The van der Waals surface area contributed by atoms with Crippen molar-refractivity contribution in [3.8, 4) is 0 Å². The van der Waals surface area contributed by atoms with Crippen molar-refractivity contribution in [1.82, 2.24) is 0 Å². The van der Waals surface area contributed by atoms with E-state index in [1.165, 1.54) is 6.92 Å². The molecule has 0 fully saturated rings. The van der Waals surface area contributed by atoms with Gasteiger partial charge in [-0.15, -0.1) is 0 Å². The number of rotatable bonds is 3. The zero-order valence-electron chi connectivity index (χ0n) is 12.7. The van der Waals surface area contributed by atoms with Crippen LogP contribution in [0, 0.1) is 0 Å². The first-order valence-corrected chi connectivity index (χ1v) is 3.32. The van der Waals surface area contributed by atoms with Crippen molar-refractivity contribution in [1.29, 1.82) is 0 Å². The van der Waals surface area contributed by atoms with Crippen molar-refractivity contribution >= 4 is 64.0 Å². The summed E-state index contributed by atoms with van der Waals surface area (Å²) in [6, 6.07) is 0. The Morgan fingerprint density at radius 1 is 1.00 bits per heavy atom. The van der Waals surface area contributed by atoms with Crippen molar-refractivity contribution < 1.29 is 40.5 Å². The van der Waals surface area contributed by atoms with Crippen LogP contribution in [0.1, 0.15) is 12.6 Å². The molecule has 16 heavy (non-hydrogen) atoms. The van der Waals surface area contributed by atoms with Gasteiger partial charge in [0.05, 0.1) is 0 Å². The number of hydrogen-bond acceptors (Lipinski definition) is 4. The van der Waals surface area contributed by atoms with Crippen LogP contribution in [0.5, 0.6) is 0 Å². The van der Waals surface area contributed by atoms with Crippen LogP contribution in [0.3, 0.4) is 0 Å². The second kappa shape index (κ2) is 14.6. The van der Waals surface area contributed by atoms with Gasteiger partial charge in [0.15, 0.2) is 0 Å². The SMILES string of the molecule is CC(O)C(=O)O.O=C(O)C=CC(=O)O.[H-].[H-].[H-].[H-].[Mg+2].[Mg+2]. The molecule has 9 heteroatoms. The Kier molecular flexibility index (Phi) is 22.6. The monoisotopic (exact) mass is 258 g/mol. The van der Waals surface area contributed by atoms with Crippen molar-refractivity contribution in [3.05, 3.63) is 12.2 Å². The quantitative estimate of drug-likeness (QED) is 0.371. The van der Waals surface area contributed by atoms with E-state index in [1.54, 1.807) is 0 Å². The molecule has 0 aliphatic heterocycles. The molecule has 0 aliphatic carbocycles. The number of hydrogen-bond donors (Lipinski definition) is 4. The van der Waals surface area contributed by atoms with Gasteiger partial charge in [-0.25, -0.2) is 14.4 Å². The Bertz CT molecular complexity index is 248. The maximum Gasteiger partial charge on any atom is 2.00 e. The van der Waals surface area contributed by atoms with Gasteiger partial charge in [0, 0.05) is 12.2 Å². The third-order valence-corrected chi connectivity index (χ3v) is 0.726. The van der Waals surface area contributed by atoms with Gasteiger partial charge in [-0.05, 0) is 6.92 Å². The summed E-state index contributed by atoms with van der Waals surface area (Å²) >= 11 is 0. The van der Waals surface area contributed by atoms with Crippen LogP contribution in [0.4, 0.5) is 0 Å². The van der Waals surface area contributed by atoms with Crippen LogP contribution < -0.4 is 0 Å². The van der Waals surface area contributed by atoms with Gasteiger partial charge in [0.25, 0.3) is 0 Å². The maximum atomic E-state index is 9.55. The Morgan fingerprint density at radius 3 is 1.25 bits per heavy atom. The van der Waals surface area contributed by atoms with Crippen molar-refractivity contribution in [2.45, 2.75) is 13.0 Å². The van der Waals surface area contributed by atoms with E-state index < -0.39 is 24.0 Å². The van der Waals surface area contributed by atoms with Gasteiger partial charge >= 0.3 is 64.0 Å². The maximum absolute atomic E-state index is 9.55. The topological polar surface area (TPSA) is 132 Å². The van der Waals surface area contributed by atoms with Gasteiger partial charge in [0.2, 0.25) is 0 Å². The minimum atomic E-state index is -1.26. The number of carboxylic acids is 3. The number of aliphatic hydroxyl groups excluding tert-OH is 1. The molecule has 7 nitrogen and oxygen atoms in total. The van der Waals surface area contributed by atoms with Crippen LogP contribution in [0.25, 0.3) is 0 Å². The van der Waals surface area contributed by atoms with E-state index >= 15 is 0 Å². The molecule has 0 aromatic carbocycles. The molecule has 88 valence electrons. The molecule has 0 saturated carbocycles.